The molecule has 2 fully saturated rings. The number of benzene rings is 1. The maximum Gasteiger partial charge on any atom is 0.241 e. The van der Waals surface area contributed by atoms with Crippen LogP contribution in [0.25, 0.3) is 0 Å². The van der Waals surface area contributed by atoms with Gasteiger partial charge in [0, 0.05) is 5.54 Å². The molecule has 0 aromatic heterocycles. The molecule has 1 saturated heterocycles. The summed E-state index contributed by atoms with van der Waals surface area (Å²) >= 11 is 1.75. The quantitative estimate of drug-likeness (QED) is 0.481. The van der Waals surface area contributed by atoms with Crippen LogP contribution < -0.4 is 31.5 Å². The van der Waals surface area contributed by atoms with E-state index in [4.69, 9.17) is 5.73 Å². The lowest BCUT2D eigenvalue weighted by atomic mass is 10.2. The van der Waals surface area contributed by atoms with Gasteiger partial charge in [0.15, 0.2) is 0 Å². The molecular weight excluding hydrogens is 372 g/mol. The van der Waals surface area contributed by atoms with Crippen LogP contribution in [0.5, 0.6) is 0 Å². The lowest BCUT2D eigenvalue weighted by molar-refractivity contribution is 0.502. The van der Waals surface area contributed by atoms with Crippen LogP contribution in [-0.4, -0.2) is 37.5 Å². The number of rotatable bonds is 6. The molecule has 0 spiro atoms. The molecule has 26 heavy (non-hydrogen) atoms. The van der Waals surface area contributed by atoms with E-state index in [0.29, 0.717) is 11.4 Å². The minimum atomic E-state index is -3.54. The number of fused-ring (bicyclic) bond motifs is 1. The Hall–Kier alpha value is -1.04. The van der Waals surface area contributed by atoms with Crippen molar-refractivity contribution >= 4 is 33.2 Å². The standard InChI is InChI=1S/C16H26N6O2S2/c1-10-19-20-15(25-10)22-13-9-11(26(23,24)21-16(2)6-7-16)3-4-12(13)18-14(22)5-8-17/h3-4,9-10,14-15,18-21H,5-8,17H2,1-2H3. The highest BCUT2D eigenvalue weighted by molar-refractivity contribution is 8.00. The van der Waals surface area contributed by atoms with Gasteiger partial charge in [0.25, 0.3) is 0 Å². The van der Waals surface area contributed by atoms with Crippen molar-refractivity contribution in [3.63, 3.8) is 0 Å². The SMILES string of the molecule is CC1NNC(N2c3cc(S(=O)(=O)NC4(C)CC4)ccc3NC2CCN)S1. The molecule has 10 heteroatoms. The largest absolute Gasteiger partial charge is 0.363 e. The summed E-state index contributed by atoms with van der Waals surface area (Å²) < 4.78 is 28.4. The Morgan fingerprint density at radius 3 is 2.77 bits per heavy atom. The van der Waals surface area contributed by atoms with E-state index in [1.54, 1.807) is 23.9 Å². The minimum Gasteiger partial charge on any atom is -0.363 e. The summed E-state index contributed by atoms with van der Waals surface area (Å²) in [5.74, 6) is 0. The van der Waals surface area contributed by atoms with Gasteiger partial charge in [-0.25, -0.2) is 24.0 Å². The molecule has 6 N–H and O–H groups in total. The highest BCUT2D eigenvalue weighted by atomic mass is 32.2. The maximum atomic E-state index is 12.8. The first kappa shape index (κ1) is 18.3. The van der Waals surface area contributed by atoms with Crippen LogP contribution in [0, 0.1) is 0 Å². The van der Waals surface area contributed by atoms with Crippen molar-refractivity contribution in [3.8, 4) is 0 Å². The fourth-order valence-corrected chi connectivity index (χ4v) is 5.88. The van der Waals surface area contributed by atoms with E-state index in [0.717, 1.165) is 30.6 Å². The minimum absolute atomic E-state index is 0.00200. The van der Waals surface area contributed by atoms with E-state index < -0.39 is 10.0 Å². The van der Waals surface area contributed by atoms with Crippen molar-refractivity contribution in [3.05, 3.63) is 18.2 Å². The van der Waals surface area contributed by atoms with Crippen molar-refractivity contribution in [1.82, 2.24) is 15.6 Å². The third kappa shape index (κ3) is 3.41. The van der Waals surface area contributed by atoms with Crippen molar-refractivity contribution < 1.29 is 8.42 Å². The van der Waals surface area contributed by atoms with E-state index in [9.17, 15) is 8.42 Å². The van der Waals surface area contributed by atoms with E-state index in [1.165, 1.54) is 0 Å². The lowest BCUT2D eigenvalue weighted by Gasteiger charge is -2.31. The molecule has 144 valence electrons. The number of sulfonamides is 1. The fraction of sp³-hybridized carbons (Fsp3) is 0.625. The van der Waals surface area contributed by atoms with Crippen LogP contribution >= 0.6 is 11.8 Å². The van der Waals surface area contributed by atoms with E-state index in [2.05, 4.69) is 32.7 Å². The molecule has 3 unspecified atom stereocenters. The summed E-state index contributed by atoms with van der Waals surface area (Å²) in [5, 5.41) is 3.74. The molecule has 2 aliphatic heterocycles. The molecule has 8 nitrogen and oxygen atoms in total. The molecule has 1 aromatic rings. The number of hydrazine groups is 1. The van der Waals surface area contributed by atoms with Crippen LogP contribution in [0.3, 0.4) is 0 Å². The van der Waals surface area contributed by atoms with Gasteiger partial charge in [-0.15, -0.1) is 11.8 Å². The highest BCUT2D eigenvalue weighted by Gasteiger charge is 2.42. The monoisotopic (exact) mass is 398 g/mol. The molecule has 0 bridgehead atoms. The van der Waals surface area contributed by atoms with Gasteiger partial charge in [-0.05, 0) is 57.9 Å². The zero-order valence-corrected chi connectivity index (χ0v) is 16.6. The number of thioether (sulfide) groups is 1. The normalized spacial score (nSPS) is 29.5. The van der Waals surface area contributed by atoms with Gasteiger partial charge in [0.05, 0.1) is 21.6 Å². The number of hydrogen-bond acceptors (Lipinski definition) is 8. The number of anilines is 2. The summed E-state index contributed by atoms with van der Waals surface area (Å²) in [7, 11) is -3.54. The zero-order valence-electron chi connectivity index (χ0n) is 15.0. The molecular formula is C16H26N6O2S2. The smallest absolute Gasteiger partial charge is 0.241 e. The third-order valence-electron chi connectivity index (χ3n) is 5.03. The molecule has 1 saturated carbocycles. The van der Waals surface area contributed by atoms with E-state index in [1.807, 2.05) is 13.0 Å². The topological polar surface area (TPSA) is 112 Å². The Kier molecular flexibility index (Phi) is 4.61. The zero-order chi connectivity index (χ0) is 18.5. The highest BCUT2D eigenvalue weighted by Crippen LogP contribution is 2.42. The van der Waals surface area contributed by atoms with Gasteiger partial charge in [-0.3, -0.25) is 0 Å². The Bertz CT molecular complexity index is 794. The first-order valence-corrected chi connectivity index (χ1v) is 11.3. The molecule has 4 rings (SSSR count). The molecule has 0 amide bonds. The molecule has 3 aliphatic rings. The Morgan fingerprint density at radius 2 is 2.15 bits per heavy atom. The van der Waals surface area contributed by atoms with Crippen LogP contribution in [0.1, 0.15) is 33.1 Å². The van der Waals surface area contributed by atoms with Gasteiger partial charge in [0.2, 0.25) is 10.0 Å². The third-order valence-corrected chi connectivity index (χ3v) is 7.80. The molecule has 1 aliphatic carbocycles. The lowest BCUT2D eigenvalue weighted by Crippen LogP contribution is -2.49. The van der Waals surface area contributed by atoms with Crippen LogP contribution in [-0.2, 0) is 10.0 Å². The van der Waals surface area contributed by atoms with E-state index >= 15 is 0 Å². The summed E-state index contributed by atoms with van der Waals surface area (Å²) in [5.41, 5.74) is 13.8. The van der Waals surface area contributed by atoms with Crippen LogP contribution in [0.15, 0.2) is 23.1 Å². The fourth-order valence-electron chi connectivity index (χ4n) is 3.35. The first-order chi connectivity index (χ1) is 12.3. The predicted octanol–water partition coefficient (Wildman–Crippen LogP) is 0.895. The van der Waals surface area contributed by atoms with Crippen molar-refractivity contribution in [2.45, 2.75) is 60.6 Å². The second-order valence-corrected chi connectivity index (χ2v) is 10.5. The van der Waals surface area contributed by atoms with Gasteiger partial charge in [0.1, 0.15) is 11.7 Å². The van der Waals surface area contributed by atoms with Crippen molar-refractivity contribution in [1.29, 1.82) is 0 Å². The molecule has 3 atom stereocenters. The second kappa shape index (κ2) is 6.54. The summed E-state index contributed by atoms with van der Waals surface area (Å²) in [6.07, 6.45) is 2.56. The molecule has 1 aromatic carbocycles. The first-order valence-electron chi connectivity index (χ1n) is 8.91. The van der Waals surface area contributed by atoms with Gasteiger partial charge in [-0.2, -0.15) is 0 Å². The number of nitrogens with two attached hydrogens (primary N) is 1. The predicted molar refractivity (Wildman–Crippen MR) is 105 cm³/mol. The van der Waals surface area contributed by atoms with Crippen molar-refractivity contribution in [2.24, 2.45) is 5.73 Å². The Balaban J connectivity index is 1.66. The number of nitrogens with zero attached hydrogens (tertiary/aromatic N) is 1. The van der Waals surface area contributed by atoms with E-state index in [-0.39, 0.29) is 22.6 Å². The maximum absolute atomic E-state index is 12.8. The van der Waals surface area contributed by atoms with Crippen LogP contribution in [0.2, 0.25) is 0 Å². The average molecular weight is 399 g/mol. The summed E-state index contributed by atoms with van der Waals surface area (Å²) in [6.45, 7) is 4.57. The summed E-state index contributed by atoms with van der Waals surface area (Å²) in [4.78, 5) is 2.48. The Morgan fingerprint density at radius 1 is 1.38 bits per heavy atom. The number of hydrogen-bond donors (Lipinski definition) is 5. The average Bonchev–Trinajstić information content (AvgIpc) is 2.99. The van der Waals surface area contributed by atoms with Gasteiger partial charge < -0.3 is 16.0 Å². The molecule has 2 heterocycles. The second-order valence-electron chi connectivity index (χ2n) is 7.41. The van der Waals surface area contributed by atoms with Gasteiger partial charge >= 0.3 is 0 Å². The Labute approximate surface area is 158 Å². The van der Waals surface area contributed by atoms with Crippen LogP contribution in [0.4, 0.5) is 11.4 Å². The summed E-state index contributed by atoms with van der Waals surface area (Å²) in [6, 6.07) is 5.27. The molecule has 0 radical (unpaired) electrons. The number of nitrogens with one attached hydrogen (secondary N) is 4. The van der Waals surface area contributed by atoms with Crippen molar-refractivity contribution in [2.75, 3.05) is 16.8 Å². The van der Waals surface area contributed by atoms with Gasteiger partial charge in [-0.1, -0.05) is 0 Å².